The van der Waals surface area contributed by atoms with E-state index in [-0.39, 0.29) is 4.90 Å². The summed E-state index contributed by atoms with van der Waals surface area (Å²) in [5, 5.41) is 0. The quantitative estimate of drug-likeness (QED) is 0.900. The summed E-state index contributed by atoms with van der Waals surface area (Å²) in [7, 11) is -2.07. The standard InChI is InChI=1S/C18H23NO3S/c1-6-15-9-7-8-12(2)18(15)19-23(20,21)17-11-13(3)16(22-5)10-14(17)4/h7-11,19H,6H2,1-5H3. The van der Waals surface area contributed by atoms with Gasteiger partial charge in [-0.15, -0.1) is 0 Å². The fraction of sp³-hybridized carbons (Fsp3) is 0.333. The van der Waals surface area contributed by atoms with Crippen LogP contribution in [-0.2, 0) is 16.4 Å². The fourth-order valence-corrected chi connectivity index (χ4v) is 4.12. The molecular formula is C18H23NO3S. The van der Waals surface area contributed by atoms with Crippen LogP contribution in [0.15, 0.2) is 35.2 Å². The van der Waals surface area contributed by atoms with Crippen LogP contribution in [0.5, 0.6) is 5.75 Å². The zero-order valence-electron chi connectivity index (χ0n) is 14.2. The number of aryl methyl sites for hydroxylation is 4. The van der Waals surface area contributed by atoms with Crippen molar-refractivity contribution in [3.8, 4) is 5.75 Å². The highest BCUT2D eigenvalue weighted by atomic mass is 32.2. The third-order valence-corrected chi connectivity index (χ3v) is 5.45. The molecule has 0 atom stereocenters. The summed E-state index contributed by atoms with van der Waals surface area (Å²) < 4.78 is 33.7. The number of nitrogens with one attached hydrogen (secondary N) is 1. The van der Waals surface area contributed by atoms with E-state index in [1.54, 1.807) is 26.2 Å². The summed E-state index contributed by atoms with van der Waals surface area (Å²) in [6, 6.07) is 9.19. The van der Waals surface area contributed by atoms with Crippen molar-refractivity contribution in [2.75, 3.05) is 11.8 Å². The molecule has 1 N–H and O–H groups in total. The van der Waals surface area contributed by atoms with Gasteiger partial charge >= 0.3 is 0 Å². The van der Waals surface area contributed by atoms with Crippen LogP contribution in [0.25, 0.3) is 0 Å². The molecule has 2 aromatic carbocycles. The van der Waals surface area contributed by atoms with E-state index in [0.717, 1.165) is 23.1 Å². The van der Waals surface area contributed by atoms with Crippen LogP contribution in [-0.4, -0.2) is 15.5 Å². The lowest BCUT2D eigenvalue weighted by atomic mass is 10.1. The lowest BCUT2D eigenvalue weighted by Gasteiger charge is -2.17. The van der Waals surface area contributed by atoms with Crippen molar-refractivity contribution in [2.24, 2.45) is 0 Å². The first-order valence-electron chi connectivity index (χ1n) is 7.56. The molecule has 0 aliphatic carbocycles. The molecule has 0 aliphatic heterocycles. The second kappa shape index (κ2) is 6.62. The van der Waals surface area contributed by atoms with Crippen molar-refractivity contribution >= 4 is 15.7 Å². The van der Waals surface area contributed by atoms with E-state index >= 15 is 0 Å². The zero-order chi connectivity index (χ0) is 17.2. The first-order valence-corrected chi connectivity index (χ1v) is 9.05. The normalized spacial score (nSPS) is 11.3. The summed E-state index contributed by atoms with van der Waals surface area (Å²) >= 11 is 0. The molecule has 0 amide bonds. The minimum Gasteiger partial charge on any atom is -0.496 e. The summed E-state index contributed by atoms with van der Waals surface area (Å²) in [5.74, 6) is 0.687. The van der Waals surface area contributed by atoms with Gasteiger partial charge in [-0.25, -0.2) is 8.42 Å². The van der Waals surface area contributed by atoms with Crippen LogP contribution in [0.3, 0.4) is 0 Å². The van der Waals surface area contributed by atoms with Gasteiger partial charge in [0, 0.05) is 0 Å². The molecule has 0 aromatic heterocycles. The van der Waals surface area contributed by atoms with Crippen molar-refractivity contribution in [1.82, 2.24) is 0 Å². The summed E-state index contributed by atoms with van der Waals surface area (Å²) in [4.78, 5) is 0.279. The van der Waals surface area contributed by atoms with Gasteiger partial charge in [0.2, 0.25) is 0 Å². The number of hydrogen-bond acceptors (Lipinski definition) is 3. The van der Waals surface area contributed by atoms with Crippen molar-refractivity contribution in [3.63, 3.8) is 0 Å². The highest BCUT2D eigenvalue weighted by Crippen LogP contribution is 2.29. The minimum absolute atomic E-state index is 0.279. The summed E-state index contributed by atoms with van der Waals surface area (Å²) in [6.07, 6.45) is 0.764. The Hall–Kier alpha value is -2.01. The van der Waals surface area contributed by atoms with Crippen molar-refractivity contribution in [1.29, 1.82) is 0 Å². The number of ether oxygens (including phenoxy) is 1. The summed E-state index contributed by atoms with van der Waals surface area (Å²) in [5.41, 5.74) is 4.01. The largest absolute Gasteiger partial charge is 0.496 e. The van der Waals surface area contributed by atoms with Gasteiger partial charge in [0.05, 0.1) is 17.7 Å². The predicted octanol–water partition coefficient (Wildman–Crippen LogP) is 3.98. The number of methoxy groups -OCH3 is 1. The molecule has 124 valence electrons. The molecule has 0 aliphatic rings. The smallest absolute Gasteiger partial charge is 0.262 e. The molecule has 2 aromatic rings. The van der Waals surface area contributed by atoms with Gasteiger partial charge in [-0.1, -0.05) is 25.1 Å². The molecule has 0 saturated carbocycles. The predicted molar refractivity (Wildman–Crippen MR) is 93.8 cm³/mol. The Morgan fingerprint density at radius 1 is 1.04 bits per heavy atom. The van der Waals surface area contributed by atoms with E-state index < -0.39 is 10.0 Å². The van der Waals surface area contributed by atoms with Gasteiger partial charge in [0.15, 0.2) is 0 Å². The van der Waals surface area contributed by atoms with E-state index in [1.165, 1.54) is 0 Å². The van der Waals surface area contributed by atoms with E-state index in [9.17, 15) is 8.42 Å². The zero-order valence-corrected chi connectivity index (χ0v) is 15.0. The van der Waals surface area contributed by atoms with Gasteiger partial charge in [0.1, 0.15) is 5.75 Å². The van der Waals surface area contributed by atoms with Crippen molar-refractivity contribution in [3.05, 3.63) is 52.6 Å². The van der Waals surface area contributed by atoms with E-state index in [0.29, 0.717) is 17.0 Å². The molecular weight excluding hydrogens is 310 g/mol. The first-order chi connectivity index (χ1) is 10.8. The molecule has 0 heterocycles. The maximum atomic E-state index is 12.8. The summed E-state index contributed by atoms with van der Waals surface area (Å²) in [6.45, 7) is 7.52. The molecule has 0 saturated heterocycles. The lowest BCUT2D eigenvalue weighted by molar-refractivity contribution is 0.411. The number of rotatable bonds is 5. The molecule has 0 fully saturated rings. The van der Waals surface area contributed by atoms with Gasteiger partial charge in [-0.05, 0) is 61.6 Å². The van der Waals surface area contributed by atoms with Gasteiger partial charge in [-0.3, -0.25) is 4.72 Å². The molecule has 0 unspecified atom stereocenters. The fourth-order valence-electron chi connectivity index (χ4n) is 2.63. The highest BCUT2D eigenvalue weighted by molar-refractivity contribution is 7.92. The Bertz CT molecular complexity index is 826. The Morgan fingerprint density at radius 3 is 2.35 bits per heavy atom. The van der Waals surface area contributed by atoms with Crippen molar-refractivity contribution in [2.45, 2.75) is 39.0 Å². The number of para-hydroxylation sites is 1. The number of hydrogen-bond donors (Lipinski definition) is 1. The highest BCUT2D eigenvalue weighted by Gasteiger charge is 2.20. The molecule has 4 nitrogen and oxygen atoms in total. The van der Waals surface area contributed by atoms with Gasteiger partial charge in [-0.2, -0.15) is 0 Å². The van der Waals surface area contributed by atoms with E-state index in [4.69, 9.17) is 4.74 Å². The average Bonchev–Trinajstić information content (AvgIpc) is 2.50. The number of sulfonamides is 1. The molecule has 2 rings (SSSR count). The van der Waals surface area contributed by atoms with E-state index in [2.05, 4.69) is 4.72 Å². The average molecular weight is 333 g/mol. The van der Waals surface area contributed by atoms with Crippen LogP contribution in [0.4, 0.5) is 5.69 Å². The third-order valence-electron chi connectivity index (χ3n) is 3.96. The van der Waals surface area contributed by atoms with Crippen LogP contribution in [0.2, 0.25) is 0 Å². The molecule has 0 spiro atoms. The van der Waals surface area contributed by atoms with E-state index in [1.807, 2.05) is 39.0 Å². The van der Waals surface area contributed by atoms with Gasteiger partial charge in [0.25, 0.3) is 10.0 Å². The monoisotopic (exact) mass is 333 g/mol. The third kappa shape index (κ3) is 3.50. The minimum atomic E-state index is -3.65. The van der Waals surface area contributed by atoms with Crippen LogP contribution >= 0.6 is 0 Å². The molecule has 0 radical (unpaired) electrons. The van der Waals surface area contributed by atoms with Crippen LogP contribution in [0, 0.1) is 20.8 Å². The Balaban J connectivity index is 2.51. The Labute approximate surface area is 138 Å². The van der Waals surface area contributed by atoms with Crippen molar-refractivity contribution < 1.29 is 13.2 Å². The lowest BCUT2D eigenvalue weighted by Crippen LogP contribution is -2.16. The topological polar surface area (TPSA) is 55.4 Å². The van der Waals surface area contributed by atoms with Crippen LogP contribution in [0.1, 0.15) is 29.2 Å². The Morgan fingerprint density at radius 2 is 1.74 bits per heavy atom. The first kappa shape index (κ1) is 17.3. The maximum absolute atomic E-state index is 12.8. The van der Waals surface area contributed by atoms with Crippen LogP contribution < -0.4 is 9.46 Å². The maximum Gasteiger partial charge on any atom is 0.262 e. The SMILES string of the molecule is CCc1cccc(C)c1NS(=O)(=O)c1cc(C)c(OC)cc1C. The molecule has 5 heteroatoms. The second-order valence-electron chi connectivity index (χ2n) is 5.66. The number of benzene rings is 2. The second-order valence-corrected chi connectivity index (χ2v) is 7.31. The Kier molecular flexibility index (Phi) is 5.00. The molecule has 0 bridgehead atoms. The number of anilines is 1. The molecule has 23 heavy (non-hydrogen) atoms. The van der Waals surface area contributed by atoms with Gasteiger partial charge < -0.3 is 4.74 Å².